The molecule has 0 N–H and O–H groups in total. The number of carbonyl (C=O) groups is 3. The van der Waals surface area contributed by atoms with E-state index in [4.69, 9.17) is 14.2 Å². The number of allylic oxidation sites excluding steroid dienone is 32. The summed E-state index contributed by atoms with van der Waals surface area (Å²) in [6.45, 7) is 6.25. The van der Waals surface area contributed by atoms with E-state index in [0.29, 0.717) is 19.3 Å². The van der Waals surface area contributed by atoms with E-state index in [1.807, 2.05) is 12.2 Å². The second kappa shape index (κ2) is 64.8. The fraction of sp³-hybridized carbons (Fsp3) is 0.521. The van der Waals surface area contributed by atoms with Crippen LogP contribution in [0.4, 0.5) is 0 Å². The van der Waals surface area contributed by atoms with E-state index in [2.05, 4.69) is 203 Å². The van der Waals surface area contributed by atoms with Crippen molar-refractivity contribution in [1.29, 1.82) is 0 Å². The summed E-state index contributed by atoms with van der Waals surface area (Å²) < 4.78 is 16.7. The van der Waals surface area contributed by atoms with Crippen LogP contribution in [-0.2, 0) is 28.6 Å². The smallest absolute Gasteiger partial charge is 0.306 e. The Morgan fingerprint density at radius 1 is 0.266 bits per heavy atom. The molecule has 79 heavy (non-hydrogen) atoms. The average molecular weight is 1080 g/mol. The Hall–Kier alpha value is -5.75. The summed E-state index contributed by atoms with van der Waals surface area (Å²) in [7, 11) is 0. The molecule has 0 saturated heterocycles. The van der Waals surface area contributed by atoms with E-state index in [1.165, 1.54) is 19.3 Å². The summed E-state index contributed by atoms with van der Waals surface area (Å²) in [4.78, 5) is 38.1. The molecule has 0 rings (SSSR count). The molecule has 438 valence electrons. The first-order chi connectivity index (χ1) is 39.0. The first-order valence-corrected chi connectivity index (χ1v) is 30.9. The number of ether oxygens (including phenoxy) is 3. The number of rotatable bonds is 53. The maximum absolute atomic E-state index is 12.8. The highest BCUT2D eigenvalue weighted by Crippen LogP contribution is 2.12. The molecule has 0 fully saturated rings. The minimum Gasteiger partial charge on any atom is -0.462 e. The molecule has 0 aliphatic carbocycles. The molecule has 1 unspecified atom stereocenters. The van der Waals surface area contributed by atoms with E-state index in [1.54, 1.807) is 0 Å². The minimum absolute atomic E-state index is 0.134. The third-order valence-corrected chi connectivity index (χ3v) is 12.1. The minimum atomic E-state index is -0.848. The Balaban J connectivity index is 4.48. The average Bonchev–Trinajstić information content (AvgIpc) is 3.45. The Morgan fingerprint density at radius 2 is 0.519 bits per heavy atom. The first-order valence-electron chi connectivity index (χ1n) is 30.9. The predicted molar refractivity (Wildman–Crippen MR) is 343 cm³/mol. The Morgan fingerprint density at radius 3 is 0.848 bits per heavy atom. The lowest BCUT2D eigenvalue weighted by molar-refractivity contribution is -0.166. The molecule has 0 aliphatic rings. The third-order valence-electron chi connectivity index (χ3n) is 12.1. The number of unbranched alkanes of at least 4 members (excludes halogenated alkanes) is 10. The number of carbonyl (C=O) groups excluding carboxylic acids is 3. The van der Waals surface area contributed by atoms with Gasteiger partial charge in [-0.2, -0.15) is 0 Å². The lowest BCUT2D eigenvalue weighted by atomic mass is 10.1. The fourth-order valence-corrected chi connectivity index (χ4v) is 7.50. The summed E-state index contributed by atoms with van der Waals surface area (Å²) in [6.07, 6.45) is 98.8. The second-order valence-corrected chi connectivity index (χ2v) is 19.5. The van der Waals surface area contributed by atoms with Crippen LogP contribution in [0.1, 0.15) is 226 Å². The van der Waals surface area contributed by atoms with Gasteiger partial charge in [-0.05, 0) is 148 Å². The van der Waals surface area contributed by atoms with Crippen LogP contribution < -0.4 is 0 Å². The molecule has 0 aromatic heterocycles. The van der Waals surface area contributed by atoms with Crippen molar-refractivity contribution in [2.45, 2.75) is 232 Å². The van der Waals surface area contributed by atoms with Crippen molar-refractivity contribution in [3.05, 3.63) is 194 Å². The molecule has 0 aliphatic heterocycles. The van der Waals surface area contributed by atoms with E-state index >= 15 is 0 Å². The van der Waals surface area contributed by atoms with Gasteiger partial charge in [0.1, 0.15) is 13.2 Å². The molecule has 1 atom stereocenters. The normalized spacial score (nSPS) is 13.5. The number of hydrogen-bond acceptors (Lipinski definition) is 6. The standard InChI is InChI=1S/C73H110O6/c1-4-7-10-13-16-19-22-24-26-28-30-31-32-33-34-35-36-37-38-39-40-41-43-44-46-48-51-54-57-60-63-66-72(75)78-69-70(68-77-71(74)65-62-59-56-53-50-21-18-15-12-9-6-3)79-73(76)67-64-61-58-55-52-49-47-45-42-29-27-25-23-20-17-14-11-8-5-2/h7-8,10-11,15-20,24-27,30-31,33-34,36-37,39-40,42-45,48-49,51-52,58,61,70H,4-6,9,12-14,21-23,28-29,32,35,38,41,46-47,50,53-57,59-60,62-69H2,1-3H3/b10-7-,11-8-,18-15-,19-16-,20-17-,26-24-,27-25-,31-30-,34-33-,37-36-,40-39-,44-43-,45-42-,51-48-,52-49-,61-58-. The van der Waals surface area contributed by atoms with Gasteiger partial charge in [-0.1, -0.05) is 254 Å². The summed E-state index contributed by atoms with van der Waals surface area (Å²) in [5.74, 6) is -1.08. The van der Waals surface area contributed by atoms with E-state index in [9.17, 15) is 14.4 Å². The zero-order chi connectivity index (χ0) is 57.1. The Bertz CT molecular complexity index is 1920. The van der Waals surface area contributed by atoms with Crippen LogP contribution in [0.3, 0.4) is 0 Å². The lowest BCUT2D eigenvalue weighted by Crippen LogP contribution is -2.30. The molecule has 0 saturated carbocycles. The highest BCUT2D eigenvalue weighted by Gasteiger charge is 2.19. The lowest BCUT2D eigenvalue weighted by Gasteiger charge is -2.18. The maximum atomic E-state index is 12.8. The van der Waals surface area contributed by atoms with Gasteiger partial charge in [-0.25, -0.2) is 0 Å². The highest BCUT2D eigenvalue weighted by atomic mass is 16.6. The van der Waals surface area contributed by atoms with Crippen molar-refractivity contribution in [3.8, 4) is 0 Å². The third kappa shape index (κ3) is 63.0. The monoisotopic (exact) mass is 1080 g/mol. The van der Waals surface area contributed by atoms with Crippen LogP contribution >= 0.6 is 0 Å². The van der Waals surface area contributed by atoms with Crippen molar-refractivity contribution in [1.82, 2.24) is 0 Å². The molecular formula is C73H110O6. The molecule has 6 nitrogen and oxygen atoms in total. The molecule has 0 heterocycles. The fourth-order valence-electron chi connectivity index (χ4n) is 7.50. The molecule has 0 amide bonds. The maximum Gasteiger partial charge on any atom is 0.306 e. The molecule has 0 aromatic carbocycles. The second-order valence-electron chi connectivity index (χ2n) is 19.5. The van der Waals surface area contributed by atoms with Gasteiger partial charge in [0.2, 0.25) is 0 Å². The van der Waals surface area contributed by atoms with Gasteiger partial charge in [0.25, 0.3) is 0 Å². The zero-order valence-electron chi connectivity index (χ0n) is 50.0. The van der Waals surface area contributed by atoms with Gasteiger partial charge in [0.15, 0.2) is 6.10 Å². The van der Waals surface area contributed by atoms with E-state index < -0.39 is 12.1 Å². The Labute approximate surface area is 484 Å². The van der Waals surface area contributed by atoms with Crippen LogP contribution in [0.25, 0.3) is 0 Å². The van der Waals surface area contributed by atoms with Crippen LogP contribution in [0.15, 0.2) is 194 Å². The van der Waals surface area contributed by atoms with Gasteiger partial charge >= 0.3 is 17.9 Å². The van der Waals surface area contributed by atoms with Gasteiger partial charge in [0.05, 0.1) is 0 Å². The van der Waals surface area contributed by atoms with Crippen molar-refractivity contribution in [2.75, 3.05) is 13.2 Å². The van der Waals surface area contributed by atoms with Crippen molar-refractivity contribution in [2.24, 2.45) is 0 Å². The first kappa shape index (κ1) is 73.2. The van der Waals surface area contributed by atoms with E-state index in [-0.39, 0.29) is 31.6 Å². The van der Waals surface area contributed by atoms with E-state index in [0.717, 1.165) is 161 Å². The SMILES string of the molecule is CC/C=C\C/C=C\C/C=C\C/C=C\C/C=C\C/C=C\C/C=C\C/C=C\C/C=C\CCCCCC(=O)OCC(COC(=O)CCCCCCC/C=C\CCCC)OC(=O)CC/C=C\C/C=C\C/C=C\C/C=C\C/C=C\C/C=C\CC. The van der Waals surface area contributed by atoms with Gasteiger partial charge in [-0.3, -0.25) is 14.4 Å². The van der Waals surface area contributed by atoms with Gasteiger partial charge in [-0.15, -0.1) is 0 Å². The van der Waals surface area contributed by atoms with Crippen LogP contribution in [0.5, 0.6) is 0 Å². The highest BCUT2D eigenvalue weighted by molar-refractivity contribution is 5.71. The molecule has 0 spiro atoms. The molecule has 0 bridgehead atoms. The van der Waals surface area contributed by atoms with Gasteiger partial charge in [0, 0.05) is 19.3 Å². The van der Waals surface area contributed by atoms with Crippen LogP contribution in [-0.4, -0.2) is 37.2 Å². The van der Waals surface area contributed by atoms with Crippen molar-refractivity contribution in [3.63, 3.8) is 0 Å². The largest absolute Gasteiger partial charge is 0.462 e. The van der Waals surface area contributed by atoms with Crippen molar-refractivity contribution < 1.29 is 28.6 Å². The summed E-state index contributed by atoms with van der Waals surface area (Å²) in [6, 6.07) is 0. The molecule has 0 aromatic rings. The van der Waals surface area contributed by atoms with Crippen LogP contribution in [0.2, 0.25) is 0 Å². The topological polar surface area (TPSA) is 78.9 Å². The van der Waals surface area contributed by atoms with Crippen LogP contribution in [0, 0.1) is 0 Å². The van der Waals surface area contributed by atoms with Crippen molar-refractivity contribution >= 4 is 17.9 Å². The zero-order valence-corrected chi connectivity index (χ0v) is 50.0. The predicted octanol–water partition coefficient (Wildman–Crippen LogP) is 21.4. The molecular weight excluding hydrogens is 973 g/mol. The summed E-state index contributed by atoms with van der Waals surface area (Å²) in [5, 5.41) is 0. The Kier molecular flexibility index (Phi) is 60.1. The summed E-state index contributed by atoms with van der Waals surface area (Å²) >= 11 is 0. The molecule has 6 heteroatoms. The summed E-state index contributed by atoms with van der Waals surface area (Å²) in [5.41, 5.74) is 0. The van der Waals surface area contributed by atoms with Gasteiger partial charge < -0.3 is 14.2 Å². The molecule has 0 radical (unpaired) electrons. The quantitative estimate of drug-likeness (QED) is 0.0261. The number of esters is 3. The number of hydrogen-bond donors (Lipinski definition) is 0.